The maximum Gasteiger partial charge on any atom is 0.325 e. The summed E-state index contributed by atoms with van der Waals surface area (Å²) in [6, 6.07) is -0.602. The van der Waals surface area contributed by atoms with Gasteiger partial charge in [0.25, 0.3) is 0 Å². The summed E-state index contributed by atoms with van der Waals surface area (Å²) in [4.78, 5) is 24.1. The molecule has 0 spiro atoms. The minimum absolute atomic E-state index is 0.424. The van der Waals surface area contributed by atoms with Gasteiger partial charge >= 0.3 is 12.0 Å². The van der Waals surface area contributed by atoms with Crippen LogP contribution in [0.15, 0.2) is 0 Å². The Bertz CT molecular complexity index is 279. The van der Waals surface area contributed by atoms with E-state index in [4.69, 9.17) is 5.11 Å². The Balaban J connectivity index is 2.12. The van der Waals surface area contributed by atoms with E-state index in [9.17, 15) is 9.59 Å². The molecule has 1 saturated carbocycles. The molecule has 1 rings (SSSR count). The van der Waals surface area contributed by atoms with E-state index in [2.05, 4.69) is 22.5 Å². The first kappa shape index (κ1) is 13.8. The number of carboxylic acids is 1. The van der Waals surface area contributed by atoms with Crippen LogP contribution in [-0.4, -0.2) is 53.7 Å². The molecule has 17 heavy (non-hydrogen) atoms. The summed E-state index contributed by atoms with van der Waals surface area (Å²) in [6.07, 6.45) is 2.49. The lowest BCUT2D eigenvalue weighted by Crippen LogP contribution is -2.46. The first-order chi connectivity index (χ1) is 8.04. The zero-order valence-electron chi connectivity index (χ0n) is 10.4. The van der Waals surface area contributed by atoms with Crippen molar-refractivity contribution >= 4 is 12.0 Å². The molecule has 0 aromatic heterocycles. The summed E-state index contributed by atoms with van der Waals surface area (Å²) in [7, 11) is 0. The van der Waals surface area contributed by atoms with Crippen molar-refractivity contribution in [3.05, 3.63) is 0 Å². The van der Waals surface area contributed by atoms with Crippen molar-refractivity contribution in [2.75, 3.05) is 19.6 Å². The van der Waals surface area contributed by atoms with Crippen molar-refractivity contribution in [1.82, 2.24) is 15.5 Å². The Morgan fingerprint density at radius 2 is 2.12 bits per heavy atom. The second kappa shape index (κ2) is 6.44. The monoisotopic (exact) mass is 243 g/mol. The minimum atomic E-state index is -1.03. The molecule has 0 heterocycles. The van der Waals surface area contributed by atoms with Crippen LogP contribution in [0.2, 0.25) is 0 Å². The van der Waals surface area contributed by atoms with Gasteiger partial charge in [0, 0.05) is 19.1 Å². The topological polar surface area (TPSA) is 81.7 Å². The Labute approximate surface area is 101 Å². The molecular formula is C11H21N3O3. The summed E-state index contributed by atoms with van der Waals surface area (Å²) in [5.41, 5.74) is 0. The standard InChI is InChI=1S/C11H21N3O3/c1-3-14(9-4-5-9)7-6-12-11(17)13-8(2)10(15)16/h8-9H,3-7H2,1-2H3,(H,15,16)(H2,12,13,17)/t8-/m1/s1. The quantitative estimate of drug-likeness (QED) is 0.598. The highest BCUT2D eigenvalue weighted by molar-refractivity contribution is 5.82. The fourth-order valence-corrected chi connectivity index (χ4v) is 1.66. The number of carbonyl (C=O) groups is 2. The van der Waals surface area contributed by atoms with Crippen LogP contribution in [0.1, 0.15) is 26.7 Å². The number of nitrogens with zero attached hydrogens (tertiary/aromatic N) is 1. The first-order valence-electron chi connectivity index (χ1n) is 6.05. The van der Waals surface area contributed by atoms with Gasteiger partial charge in [0.2, 0.25) is 0 Å². The Hall–Kier alpha value is -1.30. The van der Waals surface area contributed by atoms with Gasteiger partial charge in [0.05, 0.1) is 0 Å². The van der Waals surface area contributed by atoms with Crippen LogP contribution in [-0.2, 0) is 4.79 Å². The van der Waals surface area contributed by atoms with Gasteiger partial charge in [-0.1, -0.05) is 6.92 Å². The number of hydrogen-bond acceptors (Lipinski definition) is 3. The smallest absolute Gasteiger partial charge is 0.325 e. The van der Waals surface area contributed by atoms with Crippen molar-refractivity contribution in [3.63, 3.8) is 0 Å². The number of carbonyl (C=O) groups excluding carboxylic acids is 1. The lowest BCUT2D eigenvalue weighted by Gasteiger charge is -2.20. The maximum absolute atomic E-state index is 11.3. The number of carboxylic acid groups (broad SMARTS) is 1. The van der Waals surface area contributed by atoms with E-state index in [1.165, 1.54) is 19.8 Å². The van der Waals surface area contributed by atoms with E-state index in [0.717, 1.165) is 13.1 Å². The number of rotatable bonds is 7. The summed E-state index contributed by atoms with van der Waals surface area (Å²) < 4.78 is 0. The molecule has 0 radical (unpaired) electrons. The SMILES string of the molecule is CCN(CCNC(=O)N[C@H](C)C(=O)O)C1CC1. The van der Waals surface area contributed by atoms with E-state index in [1.807, 2.05) is 0 Å². The summed E-state index contributed by atoms with van der Waals surface area (Å²) in [5.74, 6) is -1.03. The number of urea groups is 1. The molecule has 0 bridgehead atoms. The second-order valence-electron chi connectivity index (χ2n) is 4.32. The maximum atomic E-state index is 11.3. The molecule has 1 aliphatic rings. The summed E-state index contributed by atoms with van der Waals surface area (Å²) >= 11 is 0. The predicted molar refractivity (Wildman–Crippen MR) is 63.9 cm³/mol. The van der Waals surface area contributed by atoms with Crippen molar-refractivity contribution in [3.8, 4) is 0 Å². The Morgan fingerprint density at radius 1 is 1.47 bits per heavy atom. The second-order valence-corrected chi connectivity index (χ2v) is 4.32. The average Bonchev–Trinajstić information content (AvgIpc) is 3.08. The van der Waals surface area contributed by atoms with Crippen LogP contribution in [0.25, 0.3) is 0 Å². The van der Waals surface area contributed by atoms with Crippen LogP contribution < -0.4 is 10.6 Å². The van der Waals surface area contributed by atoms with Crippen LogP contribution in [0.5, 0.6) is 0 Å². The van der Waals surface area contributed by atoms with Crippen LogP contribution >= 0.6 is 0 Å². The average molecular weight is 243 g/mol. The van der Waals surface area contributed by atoms with Gasteiger partial charge in [-0.25, -0.2) is 4.79 Å². The van der Waals surface area contributed by atoms with E-state index >= 15 is 0 Å². The molecule has 0 aromatic carbocycles. The van der Waals surface area contributed by atoms with Crippen LogP contribution in [0.4, 0.5) is 4.79 Å². The van der Waals surface area contributed by atoms with Crippen molar-refractivity contribution < 1.29 is 14.7 Å². The van der Waals surface area contributed by atoms with Gasteiger partial charge in [-0.2, -0.15) is 0 Å². The lowest BCUT2D eigenvalue weighted by molar-refractivity contribution is -0.138. The van der Waals surface area contributed by atoms with Gasteiger partial charge in [-0.05, 0) is 26.3 Å². The molecule has 3 N–H and O–H groups in total. The van der Waals surface area contributed by atoms with Gasteiger partial charge in [0.15, 0.2) is 0 Å². The third kappa shape index (κ3) is 5.04. The normalized spacial score (nSPS) is 16.6. The number of likely N-dealkylation sites (N-methyl/N-ethyl adjacent to an activating group) is 1. The number of aliphatic carboxylic acids is 1. The molecule has 6 nitrogen and oxygen atoms in total. The van der Waals surface area contributed by atoms with Crippen molar-refractivity contribution in [2.45, 2.75) is 38.8 Å². The minimum Gasteiger partial charge on any atom is -0.480 e. The molecule has 1 aliphatic carbocycles. The highest BCUT2D eigenvalue weighted by Crippen LogP contribution is 2.25. The number of nitrogens with one attached hydrogen (secondary N) is 2. The molecule has 2 amide bonds. The third-order valence-electron chi connectivity index (χ3n) is 2.87. The number of hydrogen-bond donors (Lipinski definition) is 3. The third-order valence-corrected chi connectivity index (χ3v) is 2.87. The predicted octanol–water partition coefficient (Wildman–Crippen LogP) is 0.243. The van der Waals surface area contributed by atoms with E-state index in [0.29, 0.717) is 12.6 Å². The van der Waals surface area contributed by atoms with Crippen molar-refractivity contribution in [1.29, 1.82) is 0 Å². The van der Waals surface area contributed by atoms with Crippen LogP contribution in [0, 0.1) is 0 Å². The fraction of sp³-hybridized carbons (Fsp3) is 0.818. The number of amides is 2. The molecule has 0 saturated heterocycles. The largest absolute Gasteiger partial charge is 0.480 e. The van der Waals surface area contributed by atoms with E-state index < -0.39 is 18.0 Å². The van der Waals surface area contributed by atoms with Gasteiger partial charge in [-0.3, -0.25) is 9.69 Å². The molecule has 98 valence electrons. The lowest BCUT2D eigenvalue weighted by atomic mass is 10.3. The van der Waals surface area contributed by atoms with Gasteiger partial charge in [-0.15, -0.1) is 0 Å². The molecule has 0 unspecified atom stereocenters. The van der Waals surface area contributed by atoms with Crippen molar-refractivity contribution in [2.24, 2.45) is 0 Å². The van der Waals surface area contributed by atoms with Crippen LogP contribution in [0.3, 0.4) is 0 Å². The summed E-state index contributed by atoms with van der Waals surface area (Å²) in [6.45, 7) is 5.88. The molecule has 6 heteroatoms. The molecule has 0 aliphatic heterocycles. The first-order valence-corrected chi connectivity index (χ1v) is 6.05. The van der Waals surface area contributed by atoms with Gasteiger partial charge < -0.3 is 15.7 Å². The van der Waals surface area contributed by atoms with E-state index in [1.54, 1.807) is 0 Å². The Morgan fingerprint density at radius 3 is 2.59 bits per heavy atom. The zero-order valence-corrected chi connectivity index (χ0v) is 10.4. The molecule has 1 atom stereocenters. The van der Waals surface area contributed by atoms with E-state index in [-0.39, 0.29) is 0 Å². The Kier molecular flexibility index (Phi) is 5.21. The molecule has 1 fully saturated rings. The van der Waals surface area contributed by atoms with Gasteiger partial charge in [0.1, 0.15) is 6.04 Å². The molecular weight excluding hydrogens is 222 g/mol. The fourth-order valence-electron chi connectivity index (χ4n) is 1.66. The highest BCUT2D eigenvalue weighted by Gasteiger charge is 2.27. The highest BCUT2D eigenvalue weighted by atomic mass is 16.4. The zero-order chi connectivity index (χ0) is 12.8. The summed E-state index contributed by atoms with van der Waals surface area (Å²) in [5, 5.41) is 13.6. The molecule has 0 aromatic rings.